The van der Waals surface area contributed by atoms with Gasteiger partial charge in [0.25, 0.3) is 0 Å². The Hall–Kier alpha value is -3.12. The van der Waals surface area contributed by atoms with Crippen LogP contribution in [0.5, 0.6) is 5.75 Å². The minimum atomic E-state index is -8.68. The Morgan fingerprint density at radius 3 is 1.66 bits per heavy atom. The van der Waals surface area contributed by atoms with Crippen LogP contribution in [0.25, 0.3) is 0 Å². The third-order valence-electron chi connectivity index (χ3n) is 9.80. The number of alkyl halides is 17. The van der Waals surface area contributed by atoms with Crippen molar-refractivity contribution in [2.45, 2.75) is 138 Å². The van der Waals surface area contributed by atoms with E-state index in [-0.39, 0.29) is 19.0 Å². The van der Waals surface area contributed by atoms with Gasteiger partial charge >= 0.3 is 53.6 Å². The number of methoxy groups -OCH3 is 1. The Balaban J connectivity index is 3.13. The fourth-order valence-electron chi connectivity index (χ4n) is 6.07. The zero-order valence-electron chi connectivity index (χ0n) is 33.7. The van der Waals surface area contributed by atoms with Crippen LogP contribution in [-0.4, -0.2) is 100 Å². The third kappa shape index (κ3) is 11.7. The molecule has 0 heterocycles. The lowest BCUT2D eigenvalue weighted by molar-refractivity contribution is -0.461. The van der Waals surface area contributed by atoms with Crippen molar-refractivity contribution in [3.63, 3.8) is 0 Å². The van der Waals surface area contributed by atoms with E-state index in [9.17, 15) is 84.5 Å². The number of aliphatic hydroxyl groups excluding tert-OH is 1. The minimum Gasteiger partial charge on any atom is -0.491 e. The van der Waals surface area contributed by atoms with Crippen molar-refractivity contribution in [2.75, 3.05) is 26.9 Å². The van der Waals surface area contributed by atoms with E-state index in [0.29, 0.717) is 24.0 Å². The predicted octanol–water partition coefficient (Wildman–Crippen LogP) is 12.1. The number of allylic oxidation sites excluding steroid dienone is 3. The zero-order valence-corrected chi connectivity index (χ0v) is 34.7. The standard InChI is InChI=1S/C37H47F17O6Si/c1-8-58-28(55)21-24(6)11-9-10-12-27(57-7)29(56)25-13-15-26(16-14-25)59-18-19-60-61(22(2)3,23(4)5)20-17-30(38,39)31(40,41)32(42,43)33(44,45)34(46,47)35(48,49)36(50,51)37(52,53)54/h9,11,13-16,21-23,27,29,56H,8,10,12,17-20H2,1-7H3/b11-9+,24-21+/t27-,29-/m0/s1. The normalized spacial score (nSPS) is 15.8. The summed E-state index contributed by atoms with van der Waals surface area (Å²) < 4.78 is 256. The number of aliphatic hydroxyl groups is 1. The van der Waals surface area contributed by atoms with Crippen LogP contribution in [0.4, 0.5) is 74.6 Å². The monoisotopic (exact) mass is 938 g/mol. The molecule has 0 spiro atoms. The van der Waals surface area contributed by atoms with E-state index < -0.39 is 104 Å². The molecule has 1 rings (SSSR count). The summed E-state index contributed by atoms with van der Waals surface area (Å²) in [6.45, 7) is 8.00. The zero-order chi connectivity index (χ0) is 47.8. The topological polar surface area (TPSA) is 74.2 Å². The Bertz CT molecular complexity index is 1610. The quantitative estimate of drug-likeness (QED) is 0.0263. The molecule has 0 radical (unpaired) electrons. The van der Waals surface area contributed by atoms with Gasteiger partial charge in [0.1, 0.15) is 18.5 Å². The number of ether oxygens (including phenoxy) is 3. The first-order chi connectivity index (χ1) is 27.5. The Morgan fingerprint density at radius 2 is 1.21 bits per heavy atom. The molecule has 0 bridgehead atoms. The summed E-state index contributed by atoms with van der Waals surface area (Å²) in [4.78, 5) is 11.5. The second kappa shape index (κ2) is 20.6. The second-order valence-electron chi connectivity index (χ2n) is 14.5. The maximum absolute atomic E-state index is 14.9. The van der Waals surface area contributed by atoms with Crippen LogP contribution in [-0.2, 0) is 18.7 Å². The first kappa shape index (κ1) is 55.9. The SMILES string of the molecule is CCOC(=O)/C=C(C)/C=C/CC[C@H](OC)[C@@H](O)c1ccc(OCCO[Si](CCC(F)(F)C(F)(F)C(F)(F)C(F)(F)C(F)(F)C(F)(F)C(F)(F)C(F)(F)F)(C(C)C)C(C)C)cc1. The number of rotatable bonds is 25. The molecule has 0 aromatic heterocycles. The average molecular weight is 939 g/mol. The molecule has 1 aromatic carbocycles. The van der Waals surface area contributed by atoms with Crippen molar-refractivity contribution in [1.82, 2.24) is 0 Å². The number of benzene rings is 1. The molecule has 24 heteroatoms. The fraction of sp³-hybridized carbons (Fsp3) is 0.703. The molecule has 61 heavy (non-hydrogen) atoms. The van der Waals surface area contributed by atoms with Crippen molar-refractivity contribution in [2.24, 2.45) is 0 Å². The number of hydrogen-bond donors (Lipinski definition) is 1. The number of carbonyl (C=O) groups is 1. The average Bonchev–Trinajstić information content (AvgIpc) is 3.13. The van der Waals surface area contributed by atoms with E-state index >= 15 is 0 Å². The number of carbonyl (C=O) groups excluding carboxylic acids is 1. The highest BCUT2D eigenvalue weighted by molar-refractivity contribution is 6.76. The molecule has 6 nitrogen and oxygen atoms in total. The molecule has 0 amide bonds. The molecular formula is C37H47F17O6Si. The van der Waals surface area contributed by atoms with Gasteiger partial charge in [0, 0.05) is 19.6 Å². The van der Waals surface area contributed by atoms with Crippen molar-refractivity contribution < 1.29 is 103 Å². The van der Waals surface area contributed by atoms with Crippen molar-refractivity contribution in [3.8, 4) is 5.75 Å². The van der Waals surface area contributed by atoms with E-state index in [2.05, 4.69) is 0 Å². The van der Waals surface area contributed by atoms with Gasteiger partial charge < -0.3 is 23.7 Å². The van der Waals surface area contributed by atoms with Crippen molar-refractivity contribution in [1.29, 1.82) is 0 Å². The fourth-order valence-corrected chi connectivity index (χ4v) is 10.5. The van der Waals surface area contributed by atoms with Gasteiger partial charge in [-0.2, -0.15) is 74.6 Å². The maximum atomic E-state index is 14.9. The van der Waals surface area contributed by atoms with E-state index in [1.54, 1.807) is 26.0 Å². The molecule has 1 N–H and O–H groups in total. The lowest BCUT2D eigenvalue weighted by Gasteiger charge is -2.44. The van der Waals surface area contributed by atoms with Crippen LogP contribution in [0, 0.1) is 0 Å². The molecule has 0 saturated heterocycles. The highest BCUT2D eigenvalue weighted by atomic mass is 28.4. The highest BCUT2D eigenvalue weighted by Crippen LogP contribution is 2.64. The van der Waals surface area contributed by atoms with E-state index in [4.69, 9.17) is 18.6 Å². The lowest BCUT2D eigenvalue weighted by Crippen LogP contribution is -2.74. The van der Waals surface area contributed by atoms with Gasteiger partial charge in [-0.25, -0.2) is 4.79 Å². The molecule has 0 aliphatic rings. The molecule has 1 aromatic rings. The Kier molecular flexibility index (Phi) is 18.9. The first-order valence-electron chi connectivity index (χ1n) is 18.3. The Morgan fingerprint density at radius 1 is 0.738 bits per heavy atom. The Labute approximate surface area is 341 Å². The first-order valence-corrected chi connectivity index (χ1v) is 20.6. The van der Waals surface area contributed by atoms with Crippen LogP contribution in [0.3, 0.4) is 0 Å². The van der Waals surface area contributed by atoms with Gasteiger partial charge in [-0.15, -0.1) is 0 Å². The van der Waals surface area contributed by atoms with Gasteiger partial charge in [0.2, 0.25) is 0 Å². The van der Waals surface area contributed by atoms with E-state index in [0.717, 1.165) is 0 Å². The van der Waals surface area contributed by atoms with Gasteiger partial charge in [-0.3, -0.25) is 0 Å². The molecule has 0 unspecified atom stereocenters. The summed E-state index contributed by atoms with van der Waals surface area (Å²) in [6.07, 6.45) is -6.61. The number of hydrogen-bond acceptors (Lipinski definition) is 6. The van der Waals surface area contributed by atoms with Gasteiger partial charge in [-0.1, -0.05) is 52.0 Å². The molecule has 2 atom stereocenters. The summed E-state index contributed by atoms with van der Waals surface area (Å²) in [5.41, 5.74) is -0.699. The van der Waals surface area contributed by atoms with E-state index in [1.807, 2.05) is 0 Å². The third-order valence-corrected chi connectivity index (χ3v) is 15.5. The van der Waals surface area contributed by atoms with Crippen LogP contribution in [0.1, 0.15) is 72.5 Å². The molecule has 0 aliphatic heterocycles. The number of esters is 1. The van der Waals surface area contributed by atoms with Crippen LogP contribution in [0.15, 0.2) is 48.1 Å². The largest absolute Gasteiger partial charge is 0.491 e. The maximum Gasteiger partial charge on any atom is 0.460 e. The summed E-state index contributed by atoms with van der Waals surface area (Å²) >= 11 is 0. The highest BCUT2D eigenvalue weighted by Gasteiger charge is 2.95. The summed E-state index contributed by atoms with van der Waals surface area (Å²) in [5, 5.41) is 10.8. The van der Waals surface area contributed by atoms with Gasteiger partial charge in [0.15, 0.2) is 8.32 Å². The van der Waals surface area contributed by atoms with Crippen LogP contribution < -0.4 is 4.74 Å². The molecule has 354 valence electrons. The summed E-state index contributed by atoms with van der Waals surface area (Å²) in [5.74, 6) is -57.1. The predicted molar refractivity (Wildman–Crippen MR) is 188 cm³/mol. The smallest absolute Gasteiger partial charge is 0.460 e. The molecule has 0 saturated carbocycles. The molecule has 0 fully saturated rings. The minimum absolute atomic E-state index is 0.159. The van der Waals surface area contributed by atoms with Gasteiger partial charge in [-0.05, 0) is 67.1 Å². The molecule has 0 aliphatic carbocycles. The number of halogens is 17. The second-order valence-corrected chi connectivity index (χ2v) is 19.5. The molecular weight excluding hydrogens is 891 g/mol. The summed E-state index contributed by atoms with van der Waals surface area (Å²) in [7, 11) is -2.58. The lowest BCUT2D eigenvalue weighted by atomic mass is 9.88. The van der Waals surface area contributed by atoms with Crippen molar-refractivity contribution in [3.05, 3.63) is 53.6 Å². The van der Waals surface area contributed by atoms with E-state index in [1.165, 1.54) is 65.1 Å². The summed E-state index contributed by atoms with van der Waals surface area (Å²) in [6, 6.07) is 4.45. The van der Waals surface area contributed by atoms with Crippen LogP contribution >= 0.6 is 0 Å². The van der Waals surface area contributed by atoms with Gasteiger partial charge in [0.05, 0.1) is 19.3 Å². The van der Waals surface area contributed by atoms with Crippen LogP contribution in [0.2, 0.25) is 17.1 Å². The van der Waals surface area contributed by atoms with Crippen molar-refractivity contribution >= 4 is 14.3 Å².